The Morgan fingerprint density at radius 3 is 2.93 bits per heavy atom. The minimum atomic E-state index is -0.398. The normalized spacial score (nSPS) is 12.4. The molecular formula is C9H10BrClN2O. The summed E-state index contributed by atoms with van der Waals surface area (Å²) in [6.45, 7) is 0. The number of hydrogen-bond acceptors (Lipinski definition) is 2. The van der Waals surface area contributed by atoms with Crippen LogP contribution in [0.25, 0.3) is 0 Å². The Hall–Kier alpha value is -0.610. The van der Waals surface area contributed by atoms with Crippen LogP contribution in [0.2, 0.25) is 0 Å². The molecule has 1 rings (SSSR count). The largest absolute Gasteiger partial charge is 0.369 e. The zero-order valence-electron chi connectivity index (χ0n) is 7.41. The fraction of sp³-hybridized carbons (Fsp3) is 0.333. The van der Waals surface area contributed by atoms with Gasteiger partial charge in [-0.25, -0.2) is 0 Å². The zero-order valence-corrected chi connectivity index (χ0v) is 9.75. The minimum Gasteiger partial charge on any atom is -0.369 e. The number of aromatic nitrogens is 1. The third-order valence-corrected chi connectivity index (χ3v) is 2.55. The van der Waals surface area contributed by atoms with E-state index in [0.717, 1.165) is 4.47 Å². The highest BCUT2D eigenvalue weighted by molar-refractivity contribution is 9.10. The van der Waals surface area contributed by atoms with Crippen LogP contribution in [-0.4, -0.2) is 16.8 Å². The quantitative estimate of drug-likeness (QED) is 0.856. The molecule has 0 saturated heterocycles. The molecule has 1 heterocycles. The van der Waals surface area contributed by atoms with E-state index in [2.05, 4.69) is 20.9 Å². The zero-order chi connectivity index (χ0) is 10.6. The average molecular weight is 278 g/mol. The SMILES string of the molecule is NC(=O)C(CCCl)c1cc(Br)ccn1. The first-order valence-electron chi connectivity index (χ1n) is 4.12. The van der Waals surface area contributed by atoms with E-state index in [4.69, 9.17) is 17.3 Å². The highest BCUT2D eigenvalue weighted by Crippen LogP contribution is 2.20. The lowest BCUT2D eigenvalue weighted by Crippen LogP contribution is -2.22. The summed E-state index contributed by atoms with van der Waals surface area (Å²) in [7, 11) is 0. The lowest BCUT2D eigenvalue weighted by Gasteiger charge is -2.10. The molecular weight excluding hydrogens is 267 g/mol. The van der Waals surface area contributed by atoms with Crippen molar-refractivity contribution in [2.45, 2.75) is 12.3 Å². The molecule has 2 N–H and O–H groups in total. The molecule has 0 aromatic carbocycles. The molecule has 0 aliphatic rings. The van der Waals surface area contributed by atoms with Gasteiger partial charge < -0.3 is 5.73 Å². The van der Waals surface area contributed by atoms with Gasteiger partial charge >= 0.3 is 0 Å². The van der Waals surface area contributed by atoms with Gasteiger partial charge in [0.1, 0.15) is 0 Å². The smallest absolute Gasteiger partial charge is 0.226 e. The summed E-state index contributed by atoms with van der Waals surface area (Å²) in [6.07, 6.45) is 2.14. The molecule has 0 aliphatic heterocycles. The molecule has 1 amide bonds. The molecule has 0 saturated carbocycles. The number of pyridine rings is 1. The highest BCUT2D eigenvalue weighted by Gasteiger charge is 2.18. The van der Waals surface area contributed by atoms with E-state index >= 15 is 0 Å². The maximum atomic E-state index is 11.1. The van der Waals surface area contributed by atoms with Gasteiger partial charge in [0.05, 0.1) is 11.6 Å². The van der Waals surface area contributed by atoms with Crippen LogP contribution in [0.3, 0.4) is 0 Å². The lowest BCUT2D eigenvalue weighted by molar-refractivity contribution is -0.119. The number of carbonyl (C=O) groups excluding carboxylic acids is 1. The van der Waals surface area contributed by atoms with Crippen LogP contribution in [0.15, 0.2) is 22.8 Å². The number of carbonyl (C=O) groups is 1. The van der Waals surface area contributed by atoms with Crippen molar-refractivity contribution >= 4 is 33.4 Å². The molecule has 0 spiro atoms. The van der Waals surface area contributed by atoms with Gasteiger partial charge in [0.25, 0.3) is 0 Å². The highest BCUT2D eigenvalue weighted by atomic mass is 79.9. The summed E-state index contributed by atoms with van der Waals surface area (Å²) in [6, 6.07) is 3.57. The predicted octanol–water partition coefficient (Wildman–Crippen LogP) is 2.04. The molecule has 76 valence electrons. The Labute approximate surface area is 95.8 Å². The maximum Gasteiger partial charge on any atom is 0.226 e. The van der Waals surface area contributed by atoms with Gasteiger partial charge in [-0.1, -0.05) is 15.9 Å². The number of rotatable bonds is 4. The number of nitrogens with zero attached hydrogens (tertiary/aromatic N) is 1. The van der Waals surface area contributed by atoms with E-state index in [1.165, 1.54) is 0 Å². The first kappa shape index (κ1) is 11.5. The fourth-order valence-electron chi connectivity index (χ4n) is 1.16. The van der Waals surface area contributed by atoms with Crippen molar-refractivity contribution in [1.82, 2.24) is 4.98 Å². The Morgan fingerprint density at radius 2 is 2.43 bits per heavy atom. The Balaban J connectivity index is 2.93. The Morgan fingerprint density at radius 1 is 1.71 bits per heavy atom. The van der Waals surface area contributed by atoms with Crippen molar-refractivity contribution in [1.29, 1.82) is 0 Å². The molecule has 1 atom stereocenters. The van der Waals surface area contributed by atoms with Gasteiger partial charge in [0.15, 0.2) is 0 Å². The van der Waals surface area contributed by atoms with E-state index in [1.54, 1.807) is 18.3 Å². The monoisotopic (exact) mass is 276 g/mol. The molecule has 5 heteroatoms. The third kappa shape index (κ3) is 2.96. The van der Waals surface area contributed by atoms with Gasteiger partial charge in [0.2, 0.25) is 5.91 Å². The van der Waals surface area contributed by atoms with E-state index in [0.29, 0.717) is 18.0 Å². The Bertz CT molecular complexity index is 332. The van der Waals surface area contributed by atoms with Crippen molar-refractivity contribution in [3.8, 4) is 0 Å². The number of hydrogen-bond donors (Lipinski definition) is 1. The van der Waals surface area contributed by atoms with Gasteiger partial charge in [-0.2, -0.15) is 0 Å². The first-order valence-corrected chi connectivity index (χ1v) is 5.44. The third-order valence-electron chi connectivity index (χ3n) is 1.84. The fourth-order valence-corrected chi connectivity index (χ4v) is 1.73. The summed E-state index contributed by atoms with van der Waals surface area (Å²) in [4.78, 5) is 15.2. The summed E-state index contributed by atoms with van der Waals surface area (Å²) < 4.78 is 0.878. The molecule has 1 unspecified atom stereocenters. The van der Waals surface area contributed by atoms with Crippen molar-refractivity contribution in [3.63, 3.8) is 0 Å². The number of amides is 1. The summed E-state index contributed by atoms with van der Waals surface area (Å²) >= 11 is 8.89. The van der Waals surface area contributed by atoms with Gasteiger partial charge in [-0.3, -0.25) is 9.78 Å². The van der Waals surface area contributed by atoms with Crippen LogP contribution in [-0.2, 0) is 4.79 Å². The average Bonchev–Trinajstić information content (AvgIpc) is 2.13. The van der Waals surface area contributed by atoms with Gasteiger partial charge in [-0.15, -0.1) is 11.6 Å². The maximum absolute atomic E-state index is 11.1. The molecule has 1 aromatic rings. The second-order valence-corrected chi connectivity index (χ2v) is 4.13. The standard InChI is InChI=1S/C9H10BrClN2O/c10-6-2-4-13-8(5-6)7(1-3-11)9(12)14/h2,4-5,7H,1,3H2,(H2,12,14). The van der Waals surface area contributed by atoms with Crippen LogP contribution in [0, 0.1) is 0 Å². The number of nitrogens with two attached hydrogens (primary N) is 1. The lowest BCUT2D eigenvalue weighted by atomic mass is 10.0. The van der Waals surface area contributed by atoms with E-state index in [9.17, 15) is 4.79 Å². The van der Waals surface area contributed by atoms with E-state index < -0.39 is 11.8 Å². The molecule has 14 heavy (non-hydrogen) atoms. The topological polar surface area (TPSA) is 56.0 Å². The van der Waals surface area contributed by atoms with Crippen LogP contribution < -0.4 is 5.73 Å². The molecule has 0 radical (unpaired) electrons. The van der Waals surface area contributed by atoms with Crippen LogP contribution in [0.1, 0.15) is 18.0 Å². The van der Waals surface area contributed by atoms with Crippen molar-refractivity contribution in [2.75, 3.05) is 5.88 Å². The van der Waals surface area contributed by atoms with Crippen molar-refractivity contribution in [3.05, 3.63) is 28.5 Å². The van der Waals surface area contributed by atoms with Crippen LogP contribution in [0.5, 0.6) is 0 Å². The number of alkyl halides is 1. The number of primary amides is 1. The summed E-state index contributed by atoms with van der Waals surface area (Å²) in [5.41, 5.74) is 5.91. The molecule has 0 bridgehead atoms. The molecule has 0 fully saturated rings. The molecule has 1 aromatic heterocycles. The van der Waals surface area contributed by atoms with Crippen LogP contribution in [0.4, 0.5) is 0 Å². The summed E-state index contributed by atoms with van der Waals surface area (Å²) in [5, 5.41) is 0. The van der Waals surface area contributed by atoms with E-state index in [1.807, 2.05) is 0 Å². The summed E-state index contributed by atoms with van der Waals surface area (Å²) in [5.74, 6) is -0.400. The van der Waals surface area contributed by atoms with Crippen molar-refractivity contribution in [2.24, 2.45) is 5.73 Å². The predicted molar refractivity (Wildman–Crippen MR) is 59.2 cm³/mol. The Kier molecular flexibility index (Phi) is 4.35. The molecule has 0 aliphatic carbocycles. The van der Waals surface area contributed by atoms with Gasteiger partial charge in [0, 0.05) is 16.5 Å². The molecule has 3 nitrogen and oxygen atoms in total. The second-order valence-electron chi connectivity index (χ2n) is 2.83. The van der Waals surface area contributed by atoms with Crippen molar-refractivity contribution < 1.29 is 4.79 Å². The minimum absolute atomic E-state index is 0.391. The second kappa shape index (κ2) is 5.32. The van der Waals surface area contributed by atoms with E-state index in [-0.39, 0.29) is 0 Å². The number of halogens is 2. The van der Waals surface area contributed by atoms with Gasteiger partial charge in [-0.05, 0) is 18.6 Å². The van der Waals surface area contributed by atoms with Crippen LogP contribution >= 0.6 is 27.5 Å². The first-order chi connectivity index (χ1) is 6.65.